The fourth-order valence-electron chi connectivity index (χ4n) is 3.66. The molecule has 1 aliphatic rings. The molecule has 30 heavy (non-hydrogen) atoms. The molecule has 0 atom stereocenters. The minimum Gasteiger partial charge on any atom is -0.497 e. The first-order valence-corrected chi connectivity index (χ1v) is 11.6. The molecule has 0 radical (unpaired) electrons. The van der Waals surface area contributed by atoms with Gasteiger partial charge in [-0.25, -0.2) is 17.9 Å². The first-order valence-electron chi connectivity index (χ1n) is 10.2. The second kappa shape index (κ2) is 9.95. The van der Waals surface area contributed by atoms with Crippen LogP contribution in [-0.4, -0.2) is 39.2 Å². The molecule has 3 rings (SSSR count). The lowest BCUT2D eigenvalue weighted by Gasteiger charge is -2.25. The molecular weight excluding hydrogens is 404 g/mol. The van der Waals surface area contributed by atoms with Crippen LogP contribution in [0.3, 0.4) is 0 Å². The van der Waals surface area contributed by atoms with Gasteiger partial charge in [0.05, 0.1) is 18.4 Å². The van der Waals surface area contributed by atoms with Gasteiger partial charge in [-0.2, -0.15) is 0 Å². The van der Waals surface area contributed by atoms with Gasteiger partial charge in [0.1, 0.15) is 10.6 Å². The molecule has 162 valence electrons. The van der Waals surface area contributed by atoms with Crippen LogP contribution < -0.4 is 14.8 Å². The summed E-state index contributed by atoms with van der Waals surface area (Å²) in [5.74, 6) is -0.419. The van der Waals surface area contributed by atoms with Crippen LogP contribution in [0, 0.1) is 0 Å². The van der Waals surface area contributed by atoms with E-state index in [-0.39, 0.29) is 23.0 Å². The van der Waals surface area contributed by atoms with Gasteiger partial charge in [-0.1, -0.05) is 31.4 Å². The van der Waals surface area contributed by atoms with E-state index in [0.29, 0.717) is 12.1 Å². The molecule has 0 saturated heterocycles. The van der Waals surface area contributed by atoms with Crippen LogP contribution in [0.5, 0.6) is 5.75 Å². The van der Waals surface area contributed by atoms with Gasteiger partial charge in [0.2, 0.25) is 10.0 Å². The van der Waals surface area contributed by atoms with E-state index in [4.69, 9.17) is 4.74 Å². The Hall–Kier alpha value is -2.58. The fraction of sp³-hybridized carbons (Fsp3) is 0.409. The van der Waals surface area contributed by atoms with E-state index in [9.17, 15) is 18.3 Å². The van der Waals surface area contributed by atoms with Crippen molar-refractivity contribution in [3.05, 3.63) is 53.6 Å². The lowest BCUT2D eigenvalue weighted by atomic mass is 9.95. The van der Waals surface area contributed by atoms with E-state index < -0.39 is 16.0 Å². The highest BCUT2D eigenvalue weighted by atomic mass is 32.2. The topological polar surface area (TPSA) is 105 Å². The van der Waals surface area contributed by atoms with E-state index in [1.54, 1.807) is 13.2 Å². The smallest absolute Gasteiger partial charge is 0.335 e. The molecule has 0 aromatic heterocycles. The van der Waals surface area contributed by atoms with E-state index in [1.165, 1.54) is 18.6 Å². The van der Waals surface area contributed by atoms with Crippen LogP contribution in [-0.2, 0) is 16.4 Å². The number of ether oxygens (including phenoxy) is 1. The average molecular weight is 433 g/mol. The van der Waals surface area contributed by atoms with Crippen LogP contribution in [0.2, 0.25) is 0 Å². The number of methoxy groups -OCH3 is 1. The molecule has 0 spiro atoms. The molecule has 0 amide bonds. The number of carboxylic acid groups (broad SMARTS) is 1. The molecule has 0 bridgehead atoms. The summed E-state index contributed by atoms with van der Waals surface area (Å²) in [6.07, 6.45) is 5.86. The van der Waals surface area contributed by atoms with Gasteiger partial charge >= 0.3 is 5.97 Å². The normalized spacial score (nSPS) is 15.0. The predicted octanol–water partition coefficient (Wildman–Crippen LogP) is 3.66. The number of anilines is 1. The standard InChI is InChI=1S/C22H28N2O5S/c1-29-19-10-7-16(8-11-19)13-14-23-30(27,28)21-15-17(22(25)26)9-12-20(21)24-18-5-3-2-4-6-18/h7-12,15,18,23-24H,2-6,13-14H2,1H3,(H,25,26). The van der Waals surface area contributed by atoms with Crippen LogP contribution >= 0.6 is 0 Å². The van der Waals surface area contributed by atoms with Crippen molar-refractivity contribution in [1.82, 2.24) is 4.72 Å². The summed E-state index contributed by atoms with van der Waals surface area (Å²) in [5.41, 5.74) is 1.36. The second-order valence-corrected chi connectivity index (χ2v) is 9.23. The predicted molar refractivity (Wildman–Crippen MR) is 116 cm³/mol. The fourth-order valence-corrected chi connectivity index (χ4v) is 4.89. The SMILES string of the molecule is COc1ccc(CCNS(=O)(=O)c2cc(C(=O)O)ccc2NC2CCCCC2)cc1. The average Bonchev–Trinajstić information content (AvgIpc) is 2.75. The van der Waals surface area contributed by atoms with Gasteiger partial charge in [-0.15, -0.1) is 0 Å². The maximum atomic E-state index is 13.0. The zero-order valence-corrected chi connectivity index (χ0v) is 17.9. The number of hydrogen-bond donors (Lipinski definition) is 3. The van der Waals surface area contributed by atoms with Crippen molar-refractivity contribution in [2.75, 3.05) is 19.0 Å². The lowest BCUT2D eigenvalue weighted by molar-refractivity contribution is 0.0696. The maximum absolute atomic E-state index is 13.0. The molecule has 2 aromatic carbocycles. The van der Waals surface area contributed by atoms with Crippen molar-refractivity contribution >= 4 is 21.7 Å². The van der Waals surface area contributed by atoms with E-state index in [2.05, 4.69) is 10.0 Å². The number of rotatable bonds is 9. The second-order valence-electron chi connectivity index (χ2n) is 7.49. The van der Waals surface area contributed by atoms with Crippen molar-refractivity contribution < 1.29 is 23.1 Å². The highest BCUT2D eigenvalue weighted by Gasteiger charge is 2.23. The first kappa shape index (κ1) is 22.1. The molecule has 1 saturated carbocycles. The van der Waals surface area contributed by atoms with Crippen molar-refractivity contribution in [3.63, 3.8) is 0 Å². The van der Waals surface area contributed by atoms with E-state index in [1.807, 2.05) is 24.3 Å². The summed E-state index contributed by atoms with van der Waals surface area (Å²) in [4.78, 5) is 11.4. The number of sulfonamides is 1. The van der Waals surface area contributed by atoms with Gasteiger partial charge in [0, 0.05) is 12.6 Å². The molecule has 3 N–H and O–H groups in total. The van der Waals surface area contributed by atoms with Crippen molar-refractivity contribution in [1.29, 1.82) is 0 Å². The molecule has 0 aliphatic heterocycles. The summed E-state index contributed by atoms with van der Waals surface area (Å²) in [6, 6.07) is 11.8. The van der Waals surface area contributed by atoms with Gasteiger partial charge in [-0.3, -0.25) is 0 Å². The molecule has 1 fully saturated rings. The summed E-state index contributed by atoms with van der Waals surface area (Å²) in [6.45, 7) is 0.203. The van der Waals surface area contributed by atoms with Crippen molar-refractivity contribution in [2.45, 2.75) is 49.5 Å². The molecule has 8 heteroatoms. The molecule has 7 nitrogen and oxygen atoms in total. The Kier molecular flexibility index (Phi) is 7.33. The Morgan fingerprint density at radius 3 is 2.43 bits per heavy atom. The summed E-state index contributed by atoms with van der Waals surface area (Å²) >= 11 is 0. The van der Waals surface area contributed by atoms with Gasteiger partial charge < -0.3 is 15.2 Å². The van der Waals surface area contributed by atoms with E-state index >= 15 is 0 Å². The Labute approximate surface area is 177 Å². The Bertz CT molecular complexity index is 968. The maximum Gasteiger partial charge on any atom is 0.335 e. The minimum absolute atomic E-state index is 0.0253. The zero-order valence-electron chi connectivity index (χ0n) is 17.1. The number of aromatic carboxylic acids is 1. The highest BCUT2D eigenvalue weighted by molar-refractivity contribution is 7.89. The number of hydrogen-bond acceptors (Lipinski definition) is 5. The molecule has 0 heterocycles. The number of carbonyl (C=O) groups is 1. The Morgan fingerprint density at radius 1 is 1.10 bits per heavy atom. The van der Waals surface area contributed by atoms with E-state index in [0.717, 1.165) is 37.0 Å². The van der Waals surface area contributed by atoms with Crippen molar-refractivity contribution in [2.24, 2.45) is 0 Å². The van der Waals surface area contributed by atoms with Crippen LogP contribution in [0.25, 0.3) is 0 Å². The molecular formula is C22H28N2O5S. The largest absolute Gasteiger partial charge is 0.497 e. The summed E-state index contributed by atoms with van der Waals surface area (Å²) < 4.78 is 33.7. The third kappa shape index (κ3) is 5.73. The third-order valence-corrected chi connectivity index (χ3v) is 6.85. The lowest BCUT2D eigenvalue weighted by Crippen LogP contribution is -2.29. The van der Waals surface area contributed by atoms with Crippen LogP contribution in [0.15, 0.2) is 47.4 Å². The van der Waals surface area contributed by atoms with Crippen molar-refractivity contribution in [3.8, 4) is 5.75 Å². The highest BCUT2D eigenvalue weighted by Crippen LogP contribution is 2.27. The molecule has 2 aromatic rings. The minimum atomic E-state index is -3.88. The first-order chi connectivity index (χ1) is 14.4. The van der Waals surface area contributed by atoms with Gasteiger partial charge in [-0.05, 0) is 55.2 Å². The summed E-state index contributed by atoms with van der Waals surface area (Å²) in [5, 5.41) is 12.6. The van der Waals surface area contributed by atoms with Crippen LogP contribution in [0.4, 0.5) is 5.69 Å². The Balaban J connectivity index is 1.75. The number of carboxylic acids is 1. The molecule has 1 aliphatic carbocycles. The Morgan fingerprint density at radius 2 is 1.80 bits per heavy atom. The van der Waals surface area contributed by atoms with Crippen LogP contribution in [0.1, 0.15) is 48.0 Å². The van der Waals surface area contributed by atoms with Gasteiger partial charge in [0.15, 0.2) is 0 Å². The number of nitrogens with one attached hydrogen (secondary N) is 2. The summed E-state index contributed by atoms with van der Waals surface area (Å²) in [7, 11) is -2.29. The van der Waals surface area contributed by atoms with Gasteiger partial charge in [0.25, 0.3) is 0 Å². The molecule has 0 unspecified atom stereocenters. The quantitative estimate of drug-likeness (QED) is 0.559. The number of benzene rings is 2. The third-order valence-electron chi connectivity index (χ3n) is 5.35. The monoisotopic (exact) mass is 432 g/mol. The zero-order chi connectivity index (χ0) is 21.6.